The van der Waals surface area contributed by atoms with Crippen molar-refractivity contribution in [3.05, 3.63) is 24.3 Å². The van der Waals surface area contributed by atoms with E-state index in [1.807, 2.05) is 13.8 Å². The maximum atomic E-state index is 12.8. The van der Waals surface area contributed by atoms with E-state index in [0.29, 0.717) is 36.2 Å². The predicted molar refractivity (Wildman–Crippen MR) is 107 cm³/mol. The lowest BCUT2D eigenvalue weighted by molar-refractivity contribution is 0.176. The van der Waals surface area contributed by atoms with E-state index in [9.17, 15) is 17.2 Å². The van der Waals surface area contributed by atoms with E-state index in [2.05, 4.69) is 10.2 Å². The molecule has 1 aromatic carbocycles. The molecule has 0 N–H and O–H groups in total. The highest BCUT2D eigenvalue weighted by atomic mass is 32.2. The van der Waals surface area contributed by atoms with Gasteiger partial charge in [-0.05, 0) is 18.1 Å². The van der Waals surface area contributed by atoms with Crippen molar-refractivity contribution in [3.63, 3.8) is 0 Å². The molecule has 0 spiro atoms. The summed E-state index contributed by atoms with van der Waals surface area (Å²) in [6.07, 6.45) is -2.44. The second-order valence-corrected chi connectivity index (χ2v) is 9.55. The summed E-state index contributed by atoms with van der Waals surface area (Å²) >= 11 is 0.947. The standard InChI is InChI=1S/C18H26F2N4O2S2/c1-5-23(6-2)28(25,26)15-9-7-8-14(10-15)17-21-22-18(27-12-16(19)20)24(17)11-13(3)4/h7-10,13,16H,5-6,11-12H2,1-4H3. The number of alkyl halides is 2. The van der Waals surface area contributed by atoms with Crippen molar-refractivity contribution >= 4 is 21.8 Å². The third kappa shape index (κ3) is 5.30. The number of hydrogen-bond acceptors (Lipinski definition) is 5. The minimum absolute atomic E-state index is 0.176. The highest BCUT2D eigenvalue weighted by Gasteiger charge is 2.23. The molecular formula is C18H26F2N4O2S2. The third-order valence-corrected chi connectivity index (χ3v) is 7.06. The number of halogens is 2. The van der Waals surface area contributed by atoms with Crippen LogP contribution < -0.4 is 0 Å². The van der Waals surface area contributed by atoms with Crippen LogP contribution in [-0.4, -0.2) is 52.8 Å². The van der Waals surface area contributed by atoms with Gasteiger partial charge < -0.3 is 4.57 Å². The van der Waals surface area contributed by atoms with E-state index < -0.39 is 16.4 Å². The first-order valence-electron chi connectivity index (χ1n) is 9.15. The van der Waals surface area contributed by atoms with Gasteiger partial charge >= 0.3 is 0 Å². The number of hydrogen-bond donors (Lipinski definition) is 0. The normalized spacial score (nSPS) is 12.5. The molecule has 0 aliphatic carbocycles. The summed E-state index contributed by atoms with van der Waals surface area (Å²) in [6, 6.07) is 6.53. The van der Waals surface area contributed by atoms with Crippen molar-refractivity contribution in [3.8, 4) is 11.4 Å². The number of sulfonamides is 1. The number of rotatable bonds is 10. The quantitative estimate of drug-likeness (QED) is 0.531. The van der Waals surface area contributed by atoms with Crippen molar-refractivity contribution in [1.82, 2.24) is 19.1 Å². The van der Waals surface area contributed by atoms with Gasteiger partial charge in [-0.1, -0.05) is 51.6 Å². The van der Waals surface area contributed by atoms with Gasteiger partial charge in [0.2, 0.25) is 16.4 Å². The van der Waals surface area contributed by atoms with E-state index >= 15 is 0 Å². The number of thioether (sulfide) groups is 1. The summed E-state index contributed by atoms with van der Waals surface area (Å²) in [6.45, 7) is 8.88. The van der Waals surface area contributed by atoms with Crippen LogP contribution >= 0.6 is 11.8 Å². The van der Waals surface area contributed by atoms with Gasteiger partial charge in [0.15, 0.2) is 11.0 Å². The Balaban J connectivity index is 2.48. The van der Waals surface area contributed by atoms with Crippen molar-refractivity contribution in [1.29, 1.82) is 0 Å². The van der Waals surface area contributed by atoms with Gasteiger partial charge in [-0.15, -0.1) is 10.2 Å². The van der Waals surface area contributed by atoms with Crippen LogP contribution in [0.5, 0.6) is 0 Å². The van der Waals surface area contributed by atoms with Crippen LogP contribution in [0.2, 0.25) is 0 Å². The minimum atomic E-state index is -3.61. The lowest BCUT2D eigenvalue weighted by Crippen LogP contribution is -2.30. The Bertz CT molecular complexity index is 881. The van der Waals surface area contributed by atoms with Gasteiger partial charge in [-0.25, -0.2) is 17.2 Å². The van der Waals surface area contributed by atoms with E-state index in [4.69, 9.17) is 0 Å². The molecule has 2 aromatic rings. The molecule has 0 atom stereocenters. The van der Waals surface area contributed by atoms with Crippen molar-refractivity contribution in [2.24, 2.45) is 5.92 Å². The van der Waals surface area contributed by atoms with Crippen molar-refractivity contribution in [2.75, 3.05) is 18.8 Å². The molecule has 0 radical (unpaired) electrons. The summed E-state index contributed by atoms with van der Waals surface area (Å²) in [7, 11) is -3.61. The van der Waals surface area contributed by atoms with Crippen molar-refractivity contribution < 1.29 is 17.2 Å². The molecule has 0 fully saturated rings. The highest BCUT2D eigenvalue weighted by molar-refractivity contribution is 7.99. The Morgan fingerprint density at radius 1 is 1.18 bits per heavy atom. The summed E-state index contributed by atoms with van der Waals surface area (Å²) in [5.74, 6) is 0.345. The first kappa shape index (κ1) is 22.8. The highest BCUT2D eigenvalue weighted by Crippen LogP contribution is 2.28. The molecule has 0 saturated heterocycles. The first-order chi connectivity index (χ1) is 13.2. The smallest absolute Gasteiger partial charge is 0.248 e. The van der Waals surface area contributed by atoms with Gasteiger partial charge in [0.05, 0.1) is 10.6 Å². The van der Waals surface area contributed by atoms with E-state index in [0.717, 1.165) is 11.8 Å². The maximum Gasteiger partial charge on any atom is 0.248 e. The third-order valence-electron chi connectivity index (χ3n) is 4.04. The van der Waals surface area contributed by atoms with Crippen LogP contribution in [0.4, 0.5) is 8.78 Å². The first-order valence-corrected chi connectivity index (χ1v) is 11.6. The Hall–Kier alpha value is -1.52. The molecule has 6 nitrogen and oxygen atoms in total. The van der Waals surface area contributed by atoms with Crippen LogP contribution in [0.25, 0.3) is 11.4 Å². The van der Waals surface area contributed by atoms with Gasteiger partial charge in [0.25, 0.3) is 0 Å². The molecule has 0 unspecified atom stereocenters. The van der Waals surface area contributed by atoms with E-state index in [1.165, 1.54) is 4.31 Å². The van der Waals surface area contributed by atoms with Gasteiger partial charge in [-0.2, -0.15) is 4.31 Å². The fourth-order valence-corrected chi connectivity index (χ4v) is 4.98. The van der Waals surface area contributed by atoms with Crippen LogP contribution in [-0.2, 0) is 16.6 Å². The second kappa shape index (κ2) is 9.80. The molecule has 0 amide bonds. The van der Waals surface area contributed by atoms with Crippen LogP contribution in [0, 0.1) is 5.92 Å². The summed E-state index contributed by atoms with van der Waals surface area (Å²) in [5.41, 5.74) is 0.588. The zero-order valence-corrected chi connectivity index (χ0v) is 18.1. The zero-order valence-electron chi connectivity index (χ0n) is 16.5. The summed E-state index contributed by atoms with van der Waals surface area (Å²) < 4.78 is 54.0. The molecule has 10 heteroatoms. The average Bonchev–Trinajstić information content (AvgIpc) is 3.02. The van der Waals surface area contributed by atoms with Crippen LogP contribution in [0.1, 0.15) is 27.7 Å². The largest absolute Gasteiger partial charge is 0.302 e. The Kier molecular flexibility index (Phi) is 7.97. The lowest BCUT2D eigenvalue weighted by atomic mass is 10.2. The zero-order chi connectivity index (χ0) is 20.9. The van der Waals surface area contributed by atoms with Gasteiger partial charge in [0.1, 0.15) is 0 Å². The monoisotopic (exact) mass is 432 g/mol. The molecular weight excluding hydrogens is 406 g/mol. The van der Waals surface area contributed by atoms with Gasteiger partial charge in [0, 0.05) is 25.2 Å². The molecule has 0 aliphatic heterocycles. The molecule has 156 valence electrons. The molecule has 0 bridgehead atoms. The topological polar surface area (TPSA) is 68.1 Å². The molecule has 0 saturated carbocycles. The fraction of sp³-hybridized carbons (Fsp3) is 0.556. The summed E-state index contributed by atoms with van der Waals surface area (Å²) in [5, 5.41) is 8.63. The fourth-order valence-electron chi connectivity index (χ4n) is 2.78. The second-order valence-electron chi connectivity index (χ2n) is 6.63. The van der Waals surface area contributed by atoms with Crippen LogP contribution in [0.15, 0.2) is 34.3 Å². The molecule has 28 heavy (non-hydrogen) atoms. The predicted octanol–water partition coefficient (Wildman–Crippen LogP) is 3.99. The SMILES string of the molecule is CCN(CC)S(=O)(=O)c1cccc(-c2nnc(SCC(F)F)n2CC(C)C)c1. The Morgan fingerprint density at radius 3 is 2.43 bits per heavy atom. The number of nitrogens with zero attached hydrogens (tertiary/aromatic N) is 4. The Labute approximate surface area is 169 Å². The molecule has 1 aromatic heterocycles. The van der Waals surface area contributed by atoms with E-state index in [-0.39, 0.29) is 16.6 Å². The maximum absolute atomic E-state index is 12.8. The lowest BCUT2D eigenvalue weighted by Gasteiger charge is -2.19. The molecule has 1 heterocycles. The number of benzene rings is 1. The van der Waals surface area contributed by atoms with Crippen LogP contribution in [0.3, 0.4) is 0 Å². The molecule has 0 aliphatic rings. The Morgan fingerprint density at radius 2 is 1.86 bits per heavy atom. The van der Waals surface area contributed by atoms with Crippen molar-refractivity contribution in [2.45, 2.75) is 50.7 Å². The van der Waals surface area contributed by atoms with E-state index in [1.54, 1.807) is 42.7 Å². The summed E-state index contributed by atoms with van der Waals surface area (Å²) in [4.78, 5) is 0.176. The molecule has 2 rings (SSSR count). The average molecular weight is 433 g/mol. The number of aromatic nitrogens is 3. The minimum Gasteiger partial charge on any atom is -0.302 e. The van der Waals surface area contributed by atoms with Gasteiger partial charge in [-0.3, -0.25) is 0 Å².